The summed E-state index contributed by atoms with van der Waals surface area (Å²) in [6.45, 7) is 5.27. The van der Waals surface area contributed by atoms with Crippen LogP contribution >= 0.6 is 24.0 Å². The molecule has 0 unspecified atom stereocenters. The van der Waals surface area contributed by atoms with Crippen LogP contribution in [-0.2, 0) is 14.3 Å². The summed E-state index contributed by atoms with van der Waals surface area (Å²) >= 11 is 6.53. The molecule has 1 aliphatic heterocycles. The van der Waals surface area contributed by atoms with Crippen LogP contribution < -0.4 is 4.74 Å². The Morgan fingerprint density at radius 2 is 2.04 bits per heavy atom. The molecular weight excluding hydrogens is 370 g/mol. The normalized spacial score (nSPS) is 15.6. The molecule has 0 atom stereocenters. The molecule has 1 amide bonds. The molecule has 5 nitrogen and oxygen atoms in total. The number of esters is 1. The molecule has 0 spiro atoms. The van der Waals surface area contributed by atoms with Gasteiger partial charge in [0.25, 0.3) is 5.91 Å². The maximum atomic E-state index is 12.6. The first-order valence-electron chi connectivity index (χ1n) is 8.69. The van der Waals surface area contributed by atoms with Gasteiger partial charge in [-0.15, -0.1) is 0 Å². The fourth-order valence-electron chi connectivity index (χ4n) is 2.25. The summed E-state index contributed by atoms with van der Waals surface area (Å²) in [5, 5.41) is 0. The maximum absolute atomic E-state index is 12.6. The first kappa shape index (κ1) is 20.5. The molecule has 26 heavy (non-hydrogen) atoms. The van der Waals surface area contributed by atoms with E-state index in [9.17, 15) is 9.59 Å². The van der Waals surface area contributed by atoms with Gasteiger partial charge in [0.15, 0.2) is 0 Å². The van der Waals surface area contributed by atoms with E-state index in [0.29, 0.717) is 22.4 Å². The predicted octanol–water partition coefficient (Wildman–Crippen LogP) is 4.02. The third kappa shape index (κ3) is 5.85. The number of thioether (sulfide) groups is 1. The van der Waals surface area contributed by atoms with Crippen molar-refractivity contribution in [2.45, 2.75) is 33.1 Å². The fraction of sp³-hybridized carbons (Fsp3) is 0.421. The Labute approximate surface area is 163 Å². The van der Waals surface area contributed by atoms with Crippen LogP contribution in [0.3, 0.4) is 0 Å². The Morgan fingerprint density at radius 3 is 2.77 bits per heavy atom. The highest BCUT2D eigenvalue weighted by Gasteiger charge is 2.32. The fourth-order valence-corrected chi connectivity index (χ4v) is 3.56. The zero-order chi connectivity index (χ0) is 18.9. The van der Waals surface area contributed by atoms with Gasteiger partial charge < -0.3 is 9.47 Å². The molecule has 1 aromatic carbocycles. The number of ether oxygens (including phenoxy) is 2. The smallest absolute Gasteiger partial charge is 0.307 e. The van der Waals surface area contributed by atoms with Crippen LogP contribution in [0, 0.1) is 0 Å². The average Bonchev–Trinajstić information content (AvgIpc) is 2.90. The van der Waals surface area contributed by atoms with Gasteiger partial charge in [0.2, 0.25) is 0 Å². The monoisotopic (exact) mass is 393 g/mol. The first-order chi connectivity index (χ1) is 12.5. The van der Waals surface area contributed by atoms with Gasteiger partial charge in [0, 0.05) is 6.54 Å². The van der Waals surface area contributed by atoms with Crippen LogP contribution in [0.5, 0.6) is 5.75 Å². The Morgan fingerprint density at radius 1 is 1.27 bits per heavy atom. The van der Waals surface area contributed by atoms with E-state index < -0.39 is 0 Å². The van der Waals surface area contributed by atoms with Crippen molar-refractivity contribution in [3.63, 3.8) is 0 Å². The molecule has 7 heteroatoms. The highest BCUT2D eigenvalue weighted by atomic mass is 32.2. The Kier molecular flexibility index (Phi) is 8.12. The van der Waals surface area contributed by atoms with Gasteiger partial charge in [-0.1, -0.05) is 50.0 Å². The molecule has 1 aromatic rings. The minimum atomic E-state index is -0.314. The largest absolute Gasteiger partial charge is 0.494 e. The molecule has 0 radical (unpaired) electrons. The lowest BCUT2D eigenvalue weighted by molar-refractivity contribution is -0.143. The summed E-state index contributed by atoms with van der Waals surface area (Å²) in [4.78, 5) is 26.2. The average molecular weight is 394 g/mol. The second-order valence-corrected chi connectivity index (χ2v) is 7.40. The van der Waals surface area contributed by atoms with E-state index in [2.05, 4.69) is 0 Å². The van der Waals surface area contributed by atoms with Crippen LogP contribution in [0.2, 0.25) is 0 Å². The lowest BCUT2D eigenvalue weighted by atomic mass is 10.2. The van der Waals surface area contributed by atoms with Crippen LogP contribution in [0.4, 0.5) is 0 Å². The van der Waals surface area contributed by atoms with Crippen LogP contribution in [0.15, 0.2) is 29.2 Å². The molecule has 0 aliphatic carbocycles. The third-order valence-electron chi connectivity index (χ3n) is 3.51. The summed E-state index contributed by atoms with van der Waals surface area (Å²) in [7, 11) is 0. The number of benzene rings is 1. The van der Waals surface area contributed by atoms with E-state index in [1.807, 2.05) is 38.1 Å². The zero-order valence-electron chi connectivity index (χ0n) is 15.0. The highest BCUT2D eigenvalue weighted by Crippen LogP contribution is 2.33. The van der Waals surface area contributed by atoms with Crippen molar-refractivity contribution in [3.8, 4) is 5.75 Å². The molecule has 0 saturated carbocycles. The van der Waals surface area contributed by atoms with Crippen molar-refractivity contribution >= 4 is 46.3 Å². The Bertz CT molecular complexity index is 703. The Balaban J connectivity index is 2.01. The highest BCUT2D eigenvalue weighted by molar-refractivity contribution is 8.26. The van der Waals surface area contributed by atoms with Gasteiger partial charge in [0.05, 0.1) is 24.5 Å². The second-order valence-electron chi connectivity index (χ2n) is 5.72. The van der Waals surface area contributed by atoms with E-state index >= 15 is 0 Å². The number of thiocarbonyl (C=S) groups is 1. The lowest BCUT2D eigenvalue weighted by Crippen LogP contribution is -2.30. The topological polar surface area (TPSA) is 55.8 Å². The minimum Gasteiger partial charge on any atom is -0.494 e. The van der Waals surface area contributed by atoms with E-state index in [0.717, 1.165) is 24.2 Å². The van der Waals surface area contributed by atoms with Crippen molar-refractivity contribution < 1.29 is 19.1 Å². The molecule has 2 rings (SSSR count). The van der Waals surface area contributed by atoms with E-state index in [1.165, 1.54) is 16.7 Å². The number of hydrogen-bond donors (Lipinski definition) is 0. The third-order valence-corrected chi connectivity index (χ3v) is 4.89. The summed E-state index contributed by atoms with van der Waals surface area (Å²) in [6.07, 6.45) is 3.65. The minimum absolute atomic E-state index is 0.139. The quantitative estimate of drug-likeness (QED) is 0.359. The van der Waals surface area contributed by atoms with Crippen molar-refractivity contribution in [1.82, 2.24) is 4.90 Å². The summed E-state index contributed by atoms with van der Waals surface area (Å²) < 4.78 is 11.1. The van der Waals surface area contributed by atoms with Crippen LogP contribution in [0.25, 0.3) is 6.08 Å². The van der Waals surface area contributed by atoms with E-state index in [4.69, 9.17) is 21.7 Å². The second kappa shape index (κ2) is 10.3. The van der Waals surface area contributed by atoms with E-state index in [-0.39, 0.29) is 24.8 Å². The molecule has 1 heterocycles. The number of rotatable bonds is 9. The molecule has 140 valence electrons. The Hall–Kier alpha value is -1.86. The van der Waals surface area contributed by atoms with Crippen molar-refractivity contribution in [1.29, 1.82) is 0 Å². The van der Waals surface area contributed by atoms with Crippen LogP contribution in [0.1, 0.15) is 38.7 Å². The SMILES string of the molecule is CCCOC(=O)CCN1C(=O)/C(=C\c2cccc(OCCC)c2)SC1=S. The molecule has 1 aliphatic rings. The summed E-state index contributed by atoms with van der Waals surface area (Å²) in [5.74, 6) is 0.281. The molecule has 1 fully saturated rings. The molecular formula is C19H23NO4S2. The summed E-state index contributed by atoms with van der Waals surface area (Å²) in [6, 6.07) is 7.58. The van der Waals surface area contributed by atoms with Crippen LogP contribution in [-0.4, -0.2) is 40.9 Å². The van der Waals surface area contributed by atoms with Crippen molar-refractivity contribution in [2.75, 3.05) is 19.8 Å². The van der Waals surface area contributed by atoms with Gasteiger partial charge >= 0.3 is 5.97 Å². The standard InChI is InChI=1S/C19H23NO4S2/c1-3-10-23-15-7-5-6-14(12-15)13-16-18(22)20(19(25)26-16)9-8-17(21)24-11-4-2/h5-7,12-13H,3-4,8-11H2,1-2H3/b16-13+. The van der Waals surface area contributed by atoms with Gasteiger partial charge in [-0.2, -0.15) is 0 Å². The van der Waals surface area contributed by atoms with E-state index in [1.54, 1.807) is 6.08 Å². The number of carbonyl (C=O) groups excluding carboxylic acids is 2. The summed E-state index contributed by atoms with van der Waals surface area (Å²) in [5.41, 5.74) is 0.876. The zero-order valence-corrected chi connectivity index (χ0v) is 16.7. The lowest BCUT2D eigenvalue weighted by Gasteiger charge is -2.13. The first-order valence-corrected chi connectivity index (χ1v) is 9.91. The van der Waals surface area contributed by atoms with Crippen molar-refractivity contribution in [3.05, 3.63) is 34.7 Å². The number of amides is 1. The maximum Gasteiger partial charge on any atom is 0.307 e. The van der Waals surface area contributed by atoms with Gasteiger partial charge in [-0.3, -0.25) is 14.5 Å². The molecule has 0 N–H and O–H groups in total. The molecule has 0 bridgehead atoms. The van der Waals surface area contributed by atoms with Gasteiger partial charge in [-0.05, 0) is 36.6 Å². The molecule has 1 saturated heterocycles. The number of nitrogens with zero attached hydrogens (tertiary/aromatic N) is 1. The number of carbonyl (C=O) groups is 2. The van der Waals surface area contributed by atoms with Gasteiger partial charge in [-0.25, -0.2) is 0 Å². The predicted molar refractivity (Wildman–Crippen MR) is 108 cm³/mol. The van der Waals surface area contributed by atoms with Crippen molar-refractivity contribution in [2.24, 2.45) is 0 Å². The molecule has 0 aromatic heterocycles. The number of hydrogen-bond acceptors (Lipinski definition) is 6. The van der Waals surface area contributed by atoms with Gasteiger partial charge in [0.1, 0.15) is 10.1 Å².